The number of rotatable bonds is 3. The van der Waals surface area contributed by atoms with Crippen LogP contribution in [-0.4, -0.2) is 46.7 Å². The summed E-state index contributed by atoms with van der Waals surface area (Å²) in [6, 6.07) is 7.31. The summed E-state index contributed by atoms with van der Waals surface area (Å²) in [5, 5.41) is 14.0. The first kappa shape index (κ1) is 15.4. The Balaban J connectivity index is 0.00000161. The molecular weight excluding hydrogens is 294 g/mol. The molecule has 7 nitrogen and oxygen atoms in total. The number of nitrogens with one attached hydrogen (secondary N) is 2. The van der Waals surface area contributed by atoms with Crippen LogP contribution < -0.4 is 10.6 Å². The van der Waals surface area contributed by atoms with Crippen LogP contribution in [0.25, 0.3) is 5.69 Å². The Morgan fingerprint density at radius 1 is 1.29 bits per heavy atom. The summed E-state index contributed by atoms with van der Waals surface area (Å²) < 4.78 is 5.40. The van der Waals surface area contributed by atoms with Crippen LogP contribution in [0.2, 0.25) is 0 Å². The van der Waals surface area contributed by atoms with Gasteiger partial charge in [0.2, 0.25) is 0 Å². The Bertz CT molecular complexity index is 567. The molecule has 0 radical (unpaired) electrons. The van der Waals surface area contributed by atoms with Gasteiger partial charge in [-0.25, -0.2) is 0 Å². The van der Waals surface area contributed by atoms with Crippen molar-refractivity contribution in [1.29, 1.82) is 0 Å². The zero-order valence-corrected chi connectivity index (χ0v) is 12.0. The van der Waals surface area contributed by atoms with Crippen LogP contribution in [0.15, 0.2) is 36.7 Å². The third kappa shape index (κ3) is 3.78. The Kier molecular flexibility index (Phi) is 5.26. The predicted molar refractivity (Wildman–Crippen MR) is 79.8 cm³/mol. The van der Waals surface area contributed by atoms with E-state index >= 15 is 0 Å². The molecule has 21 heavy (non-hydrogen) atoms. The Labute approximate surface area is 128 Å². The van der Waals surface area contributed by atoms with E-state index < -0.39 is 6.10 Å². The molecule has 0 saturated carbocycles. The molecule has 1 atom stereocenters. The highest BCUT2D eigenvalue weighted by Crippen LogP contribution is 2.12. The van der Waals surface area contributed by atoms with E-state index in [1.54, 1.807) is 12.4 Å². The number of halogens is 1. The van der Waals surface area contributed by atoms with E-state index in [9.17, 15) is 4.79 Å². The molecular formula is C13H16ClN5O2. The van der Waals surface area contributed by atoms with Gasteiger partial charge in [0.05, 0.1) is 24.7 Å². The highest BCUT2D eigenvalue weighted by molar-refractivity contribution is 5.94. The van der Waals surface area contributed by atoms with E-state index in [0.717, 1.165) is 17.9 Å². The summed E-state index contributed by atoms with van der Waals surface area (Å²) in [6.45, 7) is 1.89. The van der Waals surface area contributed by atoms with Crippen molar-refractivity contribution >= 4 is 24.0 Å². The number of aromatic nitrogens is 3. The van der Waals surface area contributed by atoms with E-state index in [2.05, 4.69) is 20.8 Å². The van der Waals surface area contributed by atoms with Gasteiger partial charge in [-0.05, 0) is 24.3 Å². The molecule has 0 bridgehead atoms. The van der Waals surface area contributed by atoms with Gasteiger partial charge < -0.3 is 15.4 Å². The topological polar surface area (TPSA) is 81.1 Å². The first-order valence-corrected chi connectivity index (χ1v) is 6.43. The van der Waals surface area contributed by atoms with Gasteiger partial charge in [0, 0.05) is 18.8 Å². The quantitative estimate of drug-likeness (QED) is 0.868. The van der Waals surface area contributed by atoms with Gasteiger partial charge in [-0.1, -0.05) is 0 Å². The van der Waals surface area contributed by atoms with E-state index in [0.29, 0.717) is 13.2 Å². The minimum Gasteiger partial charge on any atom is -0.366 e. The Morgan fingerprint density at radius 2 is 2.00 bits per heavy atom. The second-order valence-corrected chi connectivity index (χ2v) is 4.42. The lowest BCUT2D eigenvalue weighted by Crippen LogP contribution is -2.45. The second kappa shape index (κ2) is 7.16. The zero-order valence-electron chi connectivity index (χ0n) is 11.2. The zero-order chi connectivity index (χ0) is 13.8. The van der Waals surface area contributed by atoms with Crippen molar-refractivity contribution in [3.8, 4) is 5.69 Å². The summed E-state index contributed by atoms with van der Waals surface area (Å²) in [5.74, 6) is -0.137. The molecule has 1 saturated heterocycles. The van der Waals surface area contributed by atoms with Crippen molar-refractivity contribution in [2.75, 3.05) is 25.0 Å². The molecule has 1 unspecified atom stereocenters. The van der Waals surface area contributed by atoms with Crippen molar-refractivity contribution < 1.29 is 9.53 Å². The monoisotopic (exact) mass is 309 g/mol. The summed E-state index contributed by atoms with van der Waals surface area (Å²) in [4.78, 5) is 13.5. The summed E-state index contributed by atoms with van der Waals surface area (Å²) in [6.07, 6.45) is 2.79. The molecule has 1 aliphatic heterocycles. The number of amides is 1. The molecule has 2 N–H and O–H groups in total. The third-order valence-corrected chi connectivity index (χ3v) is 3.00. The van der Waals surface area contributed by atoms with Crippen molar-refractivity contribution in [1.82, 2.24) is 20.3 Å². The Morgan fingerprint density at radius 3 is 2.62 bits per heavy atom. The van der Waals surface area contributed by atoms with Crippen molar-refractivity contribution in [2.24, 2.45) is 0 Å². The minimum atomic E-state index is -0.434. The van der Waals surface area contributed by atoms with Crippen molar-refractivity contribution in [2.45, 2.75) is 6.10 Å². The lowest BCUT2D eigenvalue weighted by atomic mass is 10.2. The molecule has 1 aromatic heterocycles. The Hall–Kier alpha value is -1.96. The van der Waals surface area contributed by atoms with Crippen LogP contribution in [0.1, 0.15) is 0 Å². The molecule has 0 spiro atoms. The van der Waals surface area contributed by atoms with E-state index in [-0.39, 0.29) is 18.3 Å². The average Bonchev–Trinajstić information content (AvgIpc) is 3.03. The number of anilines is 1. The van der Waals surface area contributed by atoms with Gasteiger partial charge in [0.1, 0.15) is 6.10 Å². The highest BCUT2D eigenvalue weighted by Gasteiger charge is 2.21. The second-order valence-electron chi connectivity index (χ2n) is 4.42. The van der Waals surface area contributed by atoms with E-state index in [1.165, 1.54) is 4.80 Å². The number of ether oxygens (including phenoxy) is 1. The van der Waals surface area contributed by atoms with Crippen molar-refractivity contribution in [3.63, 3.8) is 0 Å². The van der Waals surface area contributed by atoms with Crippen LogP contribution in [0.5, 0.6) is 0 Å². The number of carbonyl (C=O) groups excluding carboxylic acids is 1. The molecule has 1 aliphatic rings. The van der Waals surface area contributed by atoms with Crippen molar-refractivity contribution in [3.05, 3.63) is 36.7 Å². The summed E-state index contributed by atoms with van der Waals surface area (Å²) >= 11 is 0. The molecule has 1 aromatic carbocycles. The molecule has 2 heterocycles. The maximum atomic E-state index is 12.0. The number of carbonyl (C=O) groups is 1. The predicted octanol–water partition coefficient (Wildman–Crippen LogP) is 0.616. The van der Waals surface area contributed by atoms with Gasteiger partial charge in [0.25, 0.3) is 5.91 Å². The molecule has 3 rings (SSSR count). The van der Waals surface area contributed by atoms with Gasteiger partial charge in [0.15, 0.2) is 0 Å². The normalized spacial score (nSPS) is 17.8. The van der Waals surface area contributed by atoms with Crippen LogP contribution in [0.3, 0.4) is 0 Å². The smallest absolute Gasteiger partial charge is 0.254 e. The van der Waals surface area contributed by atoms with Gasteiger partial charge >= 0.3 is 0 Å². The van der Waals surface area contributed by atoms with Crippen LogP contribution in [-0.2, 0) is 9.53 Å². The number of benzene rings is 1. The molecule has 1 fully saturated rings. The average molecular weight is 310 g/mol. The number of nitrogens with zero attached hydrogens (tertiary/aromatic N) is 3. The van der Waals surface area contributed by atoms with Crippen LogP contribution in [0, 0.1) is 0 Å². The lowest BCUT2D eigenvalue weighted by molar-refractivity contribution is -0.128. The number of morpholine rings is 1. The maximum Gasteiger partial charge on any atom is 0.254 e. The SMILES string of the molecule is Cl.O=C(Nc1ccc(-n2nccn2)cc1)C1CNCCO1. The van der Waals surface area contributed by atoms with E-state index in [1.807, 2.05) is 24.3 Å². The van der Waals surface area contributed by atoms with Gasteiger partial charge in [-0.15, -0.1) is 12.4 Å². The lowest BCUT2D eigenvalue weighted by Gasteiger charge is -2.22. The third-order valence-electron chi connectivity index (χ3n) is 3.00. The maximum absolute atomic E-state index is 12.0. The van der Waals surface area contributed by atoms with Crippen LogP contribution >= 0.6 is 12.4 Å². The first-order valence-electron chi connectivity index (χ1n) is 6.43. The fourth-order valence-electron chi connectivity index (χ4n) is 1.98. The van der Waals surface area contributed by atoms with Gasteiger partial charge in [-0.3, -0.25) is 4.79 Å². The molecule has 2 aromatic rings. The summed E-state index contributed by atoms with van der Waals surface area (Å²) in [7, 11) is 0. The molecule has 1 amide bonds. The van der Waals surface area contributed by atoms with Crippen LogP contribution in [0.4, 0.5) is 5.69 Å². The first-order chi connectivity index (χ1) is 9.83. The largest absolute Gasteiger partial charge is 0.366 e. The standard InChI is InChI=1S/C13H15N5O2.ClH/c19-13(12-9-14-7-8-20-12)17-10-1-3-11(4-2-10)18-15-5-6-16-18;/h1-6,12,14H,7-9H2,(H,17,19);1H. The highest BCUT2D eigenvalue weighted by atomic mass is 35.5. The van der Waals surface area contributed by atoms with Gasteiger partial charge in [-0.2, -0.15) is 15.0 Å². The molecule has 0 aliphatic carbocycles. The fraction of sp³-hybridized carbons (Fsp3) is 0.308. The molecule has 8 heteroatoms. The number of hydrogen-bond acceptors (Lipinski definition) is 5. The van der Waals surface area contributed by atoms with E-state index in [4.69, 9.17) is 4.74 Å². The number of hydrogen-bond donors (Lipinski definition) is 2. The minimum absolute atomic E-state index is 0. The fourth-order valence-corrected chi connectivity index (χ4v) is 1.98. The molecule has 112 valence electrons. The summed E-state index contributed by atoms with van der Waals surface area (Å²) in [5.41, 5.74) is 1.56.